The number of rotatable bonds is 4. The van der Waals surface area contributed by atoms with Crippen molar-refractivity contribution >= 4 is 54.8 Å². The fraction of sp³-hybridized carbons (Fsp3) is 0. The van der Waals surface area contributed by atoms with Crippen LogP contribution in [0.3, 0.4) is 0 Å². The molecule has 0 aliphatic rings. The maximum Gasteiger partial charge on any atom is 0.149 e. The van der Waals surface area contributed by atoms with Crippen LogP contribution >= 0.6 is 0 Å². The first kappa shape index (κ1) is 25.7. The van der Waals surface area contributed by atoms with Crippen LogP contribution in [0.15, 0.2) is 147 Å². The van der Waals surface area contributed by atoms with Gasteiger partial charge < -0.3 is 4.74 Å². The van der Waals surface area contributed by atoms with Crippen LogP contribution in [-0.2, 0) is 0 Å². The van der Waals surface area contributed by atoms with Crippen molar-refractivity contribution in [3.8, 4) is 33.8 Å². The second-order valence-electron chi connectivity index (χ2n) is 11.7. The van der Waals surface area contributed by atoms with Crippen LogP contribution in [0.2, 0.25) is 0 Å². The molecule has 0 bridgehead atoms. The number of pyridine rings is 2. The van der Waals surface area contributed by atoms with Crippen molar-refractivity contribution in [1.29, 1.82) is 0 Å². The summed E-state index contributed by atoms with van der Waals surface area (Å²) >= 11 is 0. The molecule has 0 aliphatic heterocycles. The van der Waals surface area contributed by atoms with Crippen LogP contribution in [0.25, 0.3) is 77.0 Å². The molecule has 0 fully saturated rings. The summed E-state index contributed by atoms with van der Waals surface area (Å²) < 4.78 is 10.7. The summed E-state index contributed by atoms with van der Waals surface area (Å²) in [4.78, 5) is 18.2. The maximum absolute atomic E-state index is 6.53. The Morgan fingerprint density at radius 1 is 0.468 bits per heavy atom. The van der Waals surface area contributed by atoms with E-state index in [-0.39, 0.29) is 0 Å². The van der Waals surface area contributed by atoms with E-state index >= 15 is 0 Å². The lowest BCUT2D eigenvalue weighted by molar-refractivity contribution is 0.484. The van der Waals surface area contributed by atoms with E-state index in [4.69, 9.17) is 9.72 Å². The minimum atomic E-state index is 0.719. The Labute approximate surface area is 268 Å². The first-order valence-corrected chi connectivity index (χ1v) is 15.4. The number of fused-ring (bicyclic) bond motifs is 12. The van der Waals surface area contributed by atoms with Gasteiger partial charge in [0, 0.05) is 52.5 Å². The average molecular weight is 605 g/mol. The topological polar surface area (TPSA) is 69.6 Å². The molecule has 7 nitrogen and oxygen atoms in total. The van der Waals surface area contributed by atoms with E-state index in [0.717, 1.165) is 66.3 Å². The van der Waals surface area contributed by atoms with Crippen molar-refractivity contribution < 1.29 is 4.74 Å². The number of ether oxygens (including phenoxy) is 1. The lowest BCUT2D eigenvalue weighted by Crippen LogP contribution is -1.95. The monoisotopic (exact) mass is 604 g/mol. The first-order chi connectivity index (χ1) is 23.3. The van der Waals surface area contributed by atoms with Gasteiger partial charge in [-0.2, -0.15) is 0 Å². The molecule has 0 aliphatic carbocycles. The van der Waals surface area contributed by atoms with Gasteiger partial charge in [-0.15, -0.1) is 0 Å². The third-order valence-electron chi connectivity index (χ3n) is 9.05. The Kier molecular flexibility index (Phi) is 5.44. The number of benzene rings is 5. The molecule has 7 heteroatoms. The molecule has 0 N–H and O–H groups in total. The highest BCUT2D eigenvalue weighted by molar-refractivity contribution is 6.14. The fourth-order valence-electron chi connectivity index (χ4n) is 6.94. The summed E-state index contributed by atoms with van der Waals surface area (Å²) in [5.41, 5.74) is 8.35. The van der Waals surface area contributed by atoms with Gasteiger partial charge in [-0.05, 0) is 81.6 Å². The predicted octanol–water partition coefficient (Wildman–Crippen LogP) is 9.51. The van der Waals surface area contributed by atoms with Gasteiger partial charge in [-0.3, -0.25) is 8.80 Å². The molecule has 47 heavy (non-hydrogen) atoms. The standard InChI is InChI=1S/C40H24N6O/c1-3-7-25(8-4-1)31-21-33-29-13-11-27(19-34(29)38-42-15-17-45(38)37(33)22-32(31)26-9-5-2-6-10-26)47-28-12-14-30-35(20-28)39-43-16-18-46(39)40-36(30)23-41-24-44-40/h1-24H. The predicted molar refractivity (Wildman–Crippen MR) is 187 cm³/mol. The van der Waals surface area contributed by atoms with Gasteiger partial charge in [0.2, 0.25) is 0 Å². The number of hydrogen-bond acceptors (Lipinski definition) is 5. The van der Waals surface area contributed by atoms with Crippen molar-refractivity contribution in [3.05, 3.63) is 147 Å². The molecule has 5 heterocycles. The lowest BCUT2D eigenvalue weighted by Gasteiger charge is -2.16. The van der Waals surface area contributed by atoms with Crippen LogP contribution < -0.4 is 4.74 Å². The van der Waals surface area contributed by atoms with E-state index in [1.54, 1.807) is 12.5 Å². The van der Waals surface area contributed by atoms with Crippen LogP contribution in [0.4, 0.5) is 0 Å². The van der Waals surface area contributed by atoms with E-state index in [9.17, 15) is 0 Å². The van der Waals surface area contributed by atoms with Crippen molar-refractivity contribution in [1.82, 2.24) is 28.7 Å². The van der Waals surface area contributed by atoms with Crippen molar-refractivity contribution in [2.75, 3.05) is 0 Å². The summed E-state index contributed by atoms with van der Waals surface area (Å²) in [5, 5.41) is 6.25. The van der Waals surface area contributed by atoms with E-state index in [0.29, 0.717) is 0 Å². The van der Waals surface area contributed by atoms with Gasteiger partial charge in [0.1, 0.15) is 34.8 Å². The van der Waals surface area contributed by atoms with Gasteiger partial charge in [0.05, 0.1) is 5.52 Å². The Morgan fingerprint density at radius 2 is 1.04 bits per heavy atom. The molecule has 5 aromatic heterocycles. The van der Waals surface area contributed by atoms with Crippen LogP contribution in [0, 0.1) is 0 Å². The van der Waals surface area contributed by atoms with Crippen LogP contribution in [0.5, 0.6) is 11.5 Å². The van der Waals surface area contributed by atoms with Gasteiger partial charge in [-0.1, -0.05) is 60.7 Å². The summed E-state index contributed by atoms with van der Waals surface area (Å²) in [6, 6.07) is 38.2. The van der Waals surface area contributed by atoms with Gasteiger partial charge >= 0.3 is 0 Å². The highest BCUT2D eigenvalue weighted by Crippen LogP contribution is 2.40. The van der Waals surface area contributed by atoms with Crippen molar-refractivity contribution in [2.24, 2.45) is 0 Å². The number of hydrogen-bond donors (Lipinski definition) is 0. The number of nitrogens with zero attached hydrogens (tertiary/aromatic N) is 6. The smallest absolute Gasteiger partial charge is 0.149 e. The molecule has 10 aromatic rings. The van der Waals surface area contributed by atoms with Crippen molar-refractivity contribution in [2.45, 2.75) is 0 Å². The van der Waals surface area contributed by atoms with Gasteiger partial charge in [0.15, 0.2) is 0 Å². The maximum atomic E-state index is 6.53. The van der Waals surface area contributed by atoms with E-state index in [2.05, 4.69) is 110 Å². The SMILES string of the molecule is c1ccc(-c2cc3c4ccc(Oc5ccc6c7cncnc7n7ccnc7c6c5)cc4c4nccn4c3cc2-c2ccccc2)cc1. The van der Waals surface area contributed by atoms with E-state index < -0.39 is 0 Å². The third-order valence-corrected chi connectivity index (χ3v) is 9.05. The molecule has 0 saturated heterocycles. The van der Waals surface area contributed by atoms with Gasteiger partial charge in [0.25, 0.3) is 0 Å². The second kappa shape index (κ2) is 9.95. The fourth-order valence-corrected chi connectivity index (χ4v) is 6.94. The molecule has 220 valence electrons. The summed E-state index contributed by atoms with van der Waals surface area (Å²) in [5.74, 6) is 1.45. The first-order valence-electron chi connectivity index (χ1n) is 15.4. The highest BCUT2D eigenvalue weighted by atomic mass is 16.5. The molecular weight excluding hydrogens is 580 g/mol. The van der Waals surface area contributed by atoms with Crippen LogP contribution in [0.1, 0.15) is 0 Å². The Balaban J connectivity index is 1.15. The summed E-state index contributed by atoms with van der Waals surface area (Å²) in [7, 11) is 0. The van der Waals surface area contributed by atoms with Crippen molar-refractivity contribution in [3.63, 3.8) is 0 Å². The molecular formula is C40H24N6O. The largest absolute Gasteiger partial charge is 0.457 e. The normalized spacial score (nSPS) is 11.8. The molecule has 0 amide bonds. The molecule has 10 rings (SSSR count). The van der Waals surface area contributed by atoms with E-state index in [1.165, 1.54) is 22.3 Å². The lowest BCUT2D eigenvalue weighted by atomic mass is 9.91. The molecule has 0 radical (unpaired) electrons. The minimum Gasteiger partial charge on any atom is -0.457 e. The highest BCUT2D eigenvalue weighted by Gasteiger charge is 2.17. The molecule has 0 atom stereocenters. The van der Waals surface area contributed by atoms with Crippen LogP contribution in [-0.4, -0.2) is 28.7 Å². The molecule has 0 saturated carbocycles. The zero-order valence-corrected chi connectivity index (χ0v) is 24.9. The Morgan fingerprint density at radius 3 is 1.72 bits per heavy atom. The van der Waals surface area contributed by atoms with Gasteiger partial charge in [-0.25, -0.2) is 19.9 Å². The summed E-state index contributed by atoms with van der Waals surface area (Å²) in [6.07, 6.45) is 11.0. The third kappa shape index (κ3) is 3.93. The molecule has 0 spiro atoms. The van der Waals surface area contributed by atoms with E-state index in [1.807, 2.05) is 47.4 Å². The molecule has 5 aromatic carbocycles. The number of imidazole rings is 2. The Bertz CT molecular complexity index is 2820. The average Bonchev–Trinajstić information content (AvgIpc) is 3.84. The number of aromatic nitrogens is 6. The Hall–Kier alpha value is -6.60. The quantitative estimate of drug-likeness (QED) is 0.187. The zero-order chi connectivity index (χ0) is 30.9. The summed E-state index contributed by atoms with van der Waals surface area (Å²) in [6.45, 7) is 0. The zero-order valence-electron chi connectivity index (χ0n) is 24.9. The second-order valence-corrected chi connectivity index (χ2v) is 11.7. The minimum absolute atomic E-state index is 0.719. The molecule has 0 unspecified atom stereocenters.